The maximum atomic E-state index is 11.9. The quantitative estimate of drug-likeness (QED) is 0.510. The lowest BCUT2D eigenvalue weighted by molar-refractivity contribution is 0.0535. The number of nitrogens with one attached hydrogen (secondary N) is 1. The zero-order chi connectivity index (χ0) is 24.4. The maximum absolute atomic E-state index is 11.9. The topological polar surface area (TPSA) is 98.5 Å². The first-order chi connectivity index (χ1) is 17.0. The van der Waals surface area contributed by atoms with E-state index in [0.717, 1.165) is 42.0 Å². The molecule has 2 aromatic carbocycles. The van der Waals surface area contributed by atoms with E-state index < -0.39 is 6.10 Å². The van der Waals surface area contributed by atoms with Crippen molar-refractivity contribution in [3.63, 3.8) is 0 Å². The number of ether oxygens (including phenoxy) is 1. The molecule has 0 amide bonds. The summed E-state index contributed by atoms with van der Waals surface area (Å²) >= 11 is 0. The Hall–Kier alpha value is -3.73. The molecule has 0 bridgehead atoms. The highest BCUT2D eigenvalue weighted by Crippen LogP contribution is 2.36. The lowest BCUT2D eigenvalue weighted by Gasteiger charge is -2.31. The molecule has 7 heteroatoms. The van der Waals surface area contributed by atoms with Crippen molar-refractivity contribution in [2.75, 3.05) is 31.5 Å². The number of cyclic esters (lactones) is 1. The second-order valence-electron chi connectivity index (χ2n) is 9.43. The largest absolute Gasteiger partial charge is 0.457 e. The van der Waals surface area contributed by atoms with Gasteiger partial charge in [-0.1, -0.05) is 36.4 Å². The van der Waals surface area contributed by atoms with Crippen LogP contribution in [-0.4, -0.2) is 47.1 Å². The molecule has 3 aromatic rings. The van der Waals surface area contributed by atoms with Crippen LogP contribution < -0.4 is 5.32 Å². The number of nitrogens with zero attached hydrogens (tertiary/aromatic N) is 3. The van der Waals surface area contributed by atoms with Crippen molar-refractivity contribution in [3.05, 3.63) is 94.2 Å². The van der Waals surface area contributed by atoms with Crippen molar-refractivity contribution >= 4 is 11.8 Å². The number of aliphatic hydroxyl groups excluding tert-OH is 1. The fraction of sp³-hybridized carbons (Fsp3) is 0.321. The number of carbonyl (C=O) groups is 1. The lowest BCUT2D eigenvalue weighted by atomic mass is 9.79. The number of hydrogen-bond acceptors (Lipinski definition) is 7. The molecule has 0 radical (unpaired) electrons. The summed E-state index contributed by atoms with van der Waals surface area (Å²) in [4.78, 5) is 18.5. The van der Waals surface area contributed by atoms with E-state index in [2.05, 4.69) is 45.5 Å². The third-order valence-electron chi connectivity index (χ3n) is 7.32. The molecule has 1 fully saturated rings. The zero-order valence-corrected chi connectivity index (χ0v) is 19.7. The Labute approximate surface area is 205 Å². The summed E-state index contributed by atoms with van der Waals surface area (Å²) in [6.07, 6.45) is 1.86. The van der Waals surface area contributed by atoms with Crippen LogP contribution in [0.25, 0.3) is 0 Å². The number of nitriles is 1. The number of fused-ring (bicyclic) bond motifs is 1. The Balaban J connectivity index is 1.32. The zero-order valence-electron chi connectivity index (χ0n) is 19.7. The third-order valence-corrected chi connectivity index (χ3v) is 7.32. The number of carbonyl (C=O) groups excluding carboxylic acids is 1. The van der Waals surface area contributed by atoms with E-state index in [1.165, 1.54) is 5.56 Å². The van der Waals surface area contributed by atoms with Gasteiger partial charge in [0, 0.05) is 36.8 Å². The van der Waals surface area contributed by atoms with Crippen LogP contribution in [0.4, 0.5) is 5.82 Å². The van der Waals surface area contributed by atoms with Gasteiger partial charge >= 0.3 is 5.97 Å². The SMILES string of the molecule is Cc1c(C(O)CN2CCC(CNc3ccc(C#N)cn3)(c3ccccc3)C2)ccc2c1COC2=O. The number of pyridine rings is 1. The van der Waals surface area contributed by atoms with Gasteiger partial charge in [-0.2, -0.15) is 5.26 Å². The Kier molecular flexibility index (Phi) is 6.25. The first-order valence-corrected chi connectivity index (χ1v) is 11.8. The standard InChI is InChI=1S/C28H28N4O3/c1-19-22(8-9-23-24(19)16-35-27(23)34)25(33)15-32-12-11-28(18-32,21-5-3-2-4-6-21)17-31-26-10-7-20(13-29)14-30-26/h2-10,14,25,33H,11-12,15-18H2,1H3,(H,30,31). The van der Waals surface area contributed by atoms with Gasteiger partial charge in [0.25, 0.3) is 0 Å². The van der Waals surface area contributed by atoms with Crippen LogP contribution in [0.3, 0.4) is 0 Å². The smallest absolute Gasteiger partial charge is 0.338 e. The van der Waals surface area contributed by atoms with E-state index >= 15 is 0 Å². The molecule has 1 aromatic heterocycles. The third kappa shape index (κ3) is 4.51. The normalized spacial score (nSPS) is 20.2. The van der Waals surface area contributed by atoms with Gasteiger partial charge < -0.3 is 15.2 Å². The van der Waals surface area contributed by atoms with Gasteiger partial charge in [0.15, 0.2) is 0 Å². The summed E-state index contributed by atoms with van der Waals surface area (Å²) in [6, 6.07) is 19.8. The number of hydrogen-bond donors (Lipinski definition) is 2. The fourth-order valence-electron chi connectivity index (χ4n) is 5.28. The van der Waals surface area contributed by atoms with Gasteiger partial charge in [-0.15, -0.1) is 0 Å². The number of anilines is 1. The van der Waals surface area contributed by atoms with Crippen LogP contribution in [0.2, 0.25) is 0 Å². The van der Waals surface area contributed by atoms with Crippen LogP contribution in [0.15, 0.2) is 60.8 Å². The number of likely N-dealkylation sites (tertiary alicyclic amines) is 1. The summed E-state index contributed by atoms with van der Waals surface area (Å²) in [7, 11) is 0. The molecule has 178 valence electrons. The van der Waals surface area contributed by atoms with E-state index in [1.54, 1.807) is 18.3 Å². The van der Waals surface area contributed by atoms with E-state index in [9.17, 15) is 9.90 Å². The van der Waals surface area contributed by atoms with Crippen molar-refractivity contribution in [2.45, 2.75) is 31.5 Å². The molecule has 2 atom stereocenters. The molecule has 0 spiro atoms. The number of benzene rings is 2. The molecule has 2 aliphatic heterocycles. The molecule has 5 rings (SSSR count). The van der Waals surface area contributed by atoms with Gasteiger partial charge in [-0.05, 0) is 54.8 Å². The molecule has 7 nitrogen and oxygen atoms in total. The van der Waals surface area contributed by atoms with Crippen molar-refractivity contribution in [1.82, 2.24) is 9.88 Å². The Morgan fingerprint density at radius 2 is 2.06 bits per heavy atom. The highest BCUT2D eigenvalue weighted by atomic mass is 16.5. The monoisotopic (exact) mass is 468 g/mol. The summed E-state index contributed by atoms with van der Waals surface area (Å²) in [5, 5.41) is 23.6. The number of aromatic nitrogens is 1. The lowest BCUT2D eigenvalue weighted by Crippen LogP contribution is -2.38. The second kappa shape index (κ2) is 9.49. The van der Waals surface area contributed by atoms with E-state index in [1.807, 2.05) is 25.1 Å². The summed E-state index contributed by atoms with van der Waals surface area (Å²) < 4.78 is 5.17. The number of esters is 1. The molecule has 2 unspecified atom stereocenters. The second-order valence-corrected chi connectivity index (χ2v) is 9.43. The molecule has 0 aliphatic carbocycles. The van der Waals surface area contributed by atoms with Gasteiger partial charge in [-0.3, -0.25) is 4.90 Å². The predicted molar refractivity (Wildman–Crippen MR) is 132 cm³/mol. The first-order valence-electron chi connectivity index (χ1n) is 11.8. The first kappa shape index (κ1) is 23.0. The fourth-order valence-corrected chi connectivity index (χ4v) is 5.28. The van der Waals surface area contributed by atoms with E-state index in [0.29, 0.717) is 24.2 Å². The Morgan fingerprint density at radius 1 is 1.23 bits per heavy atom. The molecule has 2 aliphatic rings. The molecule has 2 N–H and O–H groups in total. The van der Waals surface area contributed by atoms with Crippen LogP contribution in [-0.2, 0) is 16.8 Å². The van der Waals surface area contributed by atoms with E-state index in [-0.39, 0.29) is 18.0 Å². The van der Waals surface area contributed by atoms with Gasteiger partial charge in [-0.25, -0.2) is 9.78 Å². The number of aliphatic hydroxyl groups is 1. The molecule has 3 heterocycles. The number of β-amino-alcohol motifs (C(OH)–C–C–N with tert-alkyl or cyclic N) is 1. The highest BCUT2D eigenvalue weighted by molar-refractivity contribution is 5.93. The Morgan fingerprint density at radius 3 is 2.80 bits per heavy atom. The van der Waals surface area contributed by atoms with Crippen LogP contribution in [0.5, 0.6) is 0 Å². The maximum Gasteiger partial charge on any atom is 0.338 e. The van der Waals surface area contributed by atoms with E-state index in [4.69, 9.17) is 10.00 Å². The average Bonchev–Trinajstić information content (AvgIpc) is 3.48. The summed E-state index contributed by atoms with van der Waals surface area (Å²) in [5.41, 5.74) is 4.91. The van der Waals surface area contributed by atoms with Gasteiger partial charge in [0.2, 0.25) is 0 Å². The van der Waals surface area contributed by atoms with Gasteiger partial charge in [0.1, 0.15) is 18.5 Å². The minimum atomic E-state index is -0.657. The highest BCUT2D eigenvalue weighted by Gasteiger charge is 2.40. The van der Waals surface area contributed by atoms with Crippen LogP contribution in [0, 0.1) is 18.3 Å². The van der Waals surface area contributed by atoms with Crippen LogP contribution >= 0.6 is 0 Å². The number of rotatable bonds is 7. The molecular formula is C28H28N4O3. The average molecular weight is 469 g/mol. The van der Waals surface area contributed by atoms with Crippen molar-refractivity contribution < 1.29 is 14.6 Å². The van der Waals surface area contributed by atoms with Crippen molar-refractivity contribution in [2.24, 2.45) is 0 Å². The van der Waals surface area contributed by atoms with Crippen molar-refractivity contribution in [3.8, 4) is 6.07 Å². The molecule has 35 heavy (non-hydrogen) atoms. The van der Waals surface area contributed by atoms with Crippen LogP contribution in [0.1, 0.15) is 50.7 Å². The molecular weight excluding hydrogens is 440 g/mol. The minimum Gasteiger partial charge on any atom is -0.457 e. The minimum absolute atomic E-state index is 0.135. The summed E-state index contributed by atoms with van der Waals surface area (Å²) in [5.74, 6) is 0.448. The summed E-state index contributed by atoms with van der Waals surface area (Å²) in [6.45, 7) is 5.09. The van der Waals surface area contributed by atoms with Crippen molar-refractivity contribution in [1.29, 1.82) is 5.26 Å². The van der Waals surface area contributed by atoms with Gasteiger partial charge in [0.05, 0.1) is 17.2 Å². The molecule has 1 saturated heterocycles. The molecule has 0 saturated carbocycles. The predicted octanol–water partition coefficient (Wildman–Crippen LogP) is 3.72. The Bertz CT molecular complexity index is 1270.